The number of nitrogen functional groups attached to an aromatic ring is 1. The largest absolute Gasteiger partial charge is 0.478 e. The van der Waals surface area contributed by atoms with Crippen molar-refractivity contribution in [2.75, 3.05) is 5.32 Å². The van der Waals surface area contributed by atoms with Gasteiger partial charge in [0.2, 0.25) is 0 Å². The van der Waals surface area contributed by atoms with Gasteiger partial charge < -0.3 is 16.2 Å². The summed E-state index contributed by atoms with van der Waals surface area (Å²) in [6, 6.07) is 18.8. The normalized spacial score (nSPS) is 11.1. The standard InChI is InChI=1S/C25H25N3O3/c1-25(2,3)16-10-13-19(18-6-4-5-7-20(18)24(30)31)21(14-16)23(29)28-17-11-8-15(9-12-17)22(26)27/h4-14H,1-3H3,(H3,26,27)(H,28,29)(H,30,31). The van der Waals surface area contributed by atoms with Crippen LogP contribution in [0.25, 0.3) is 11.1 Å². The van der Waals surface area contributed by atoms with Crippen LogP contribution in [-0.2, 0) is 5.41 Å². The minimum absolute atomic E-state index is 0.0525. The fraction of sp³-hybridized carbons (Fsp3) is 0.160. The first-order chi connectivity index (χ1) is 14.6. The molecule has 0 bridgehead atoms. The van der Waals surface area contributed by atoms with E-state index in [4.69, 9.17) is 11.1 Å². The van der Waals surface area contributed by atoms with Gasteiger partial charge in [0.1, 0.15) is 5.84 Å². The maximum absolute atomic E-state index is 13.3. The molecule has 3 rings (SSSR count). The summed E-state index contributed by atoms with van der Waals surface area (Å²) < 4.78 is 0. The molecule has 1 amide bonds. The number of nitrogens with two attached hydrogens (primary N) is 1. The molecule has 3 aromatic rings. The molecule has 0 aliphatic carbocycles. The lowest BCUT2D eigenvalue weighted by atomic mass is 9.83. The van der Waals surface area contributed by atoms with E-state index in [0.717, 1.165) is 5.56 Å². The maximum Gasteiger partial charge on any atom is 0.336 e. The van der Waals surface area contributed by atoms with Crippen LogP contribution in [0.2, 0.25) is 0 Å². The molecular formula is C25H25N3O3. The van der Waals surface area contributed by atoms with Crippen molar-refractivity contribution in [3.05, 3.63) is 89.0 Å². The number of aromatic carboxylic acids is 1. The minimum atomic E-state index is -1.05. The number of hydrogen-bond donors (Lipinski definition) is 4. The van der Waals surface area contributed by atoms with Gasteiger partial charge in [0.25, 0.3) is 5.91 Å². The van der Waals surface area contributed by atoms with Crippen LogP contribution >= 0.6 is 0 Å². The summed E-state index contributed by atoms with van der Waals surface area (Å²) in [6.45, 7) is 6.15. The monoisotopic (exact) mass is 415 g/mol. The fourth-order valence-electron chi connectivity index (χ4n) is 3.27. The van der Waals surface area contributed by atoms with Gasteiger partial charge in [0.05, 0.1) is 5.56 Å². The second-order valence-corrected chi connectivity index (χ2v) is 8.31. The average Bonchev–Trinajstić information content (AvgIpc) is 2.73. The van der Waals surface area contributed by atoms with Crippen molar-refractivity contribution in [3.8, 4) is 11.1 Å². The number of carboxylic acid groups (broad SMARTS) is 1. The lowest BCUT2D eigenvalue weighted by molar-refractivity contribution is 0.0697. The van der Waals surface area contributed by atoms with Gasteiger partial charge in [-0.25, -0.2) is 4.79 Å². The van der Waals surface area contributed by atoms with Crippen molar-refractivity contribution in [2.45, 2.75) is 26.2 Å². The number of amidine groups is 1. The summed E-state index contributed by atoms with van der Waals surface area (Å²) in [7, 11) is 0. The molecule has 6 heteroatoms. The van der Waals surface area contributed by atoms with E-state index in [0.29, 0.717) is 27.9 Å². The second kappa shape index (κ2) is 8.44. The highest BCUT2D eigenvalue weighted by molar-refractivity contribution is 6.10. The number of carbonyl (C=O) groups excluding carboxylic acids is 1. The fourth-order valence-corrected chi connectivity index (χ4v) is 3.27. The van der Waals surface area contributed by atoms with E-state index < -0.39 is 5.97 Å². The van der Waals surface area contributed by atoms with Gasteiger partial charge >= 0.3 is 5.97 Å². The predicted molar refractivity (Wildman–Crippen MR) is 123 cm³/mol. The SMILES string of the molecule is CC(C)(C)c1ccc(-c2ccccc2C(=O)O)c(C(=O)Nc2ccc(C(=N)N)cc2)c1. The van der Waals surface area contributed by atoms with Crippen molar-refractivity contribution in [3.63, 3.8) is 0 Å². The van der Waals surface area contributed by atoms with E-state index >= 15 is 0 Å². The highest BCUT2D eigenvalue weighted by atomic mass is 16.4. The summed E-state index contributed by atoms with van der Waals surface area (Å²) in [5.74, 6) is -1.46. The molecule has 0 aliphatic rings. The Kier molecular flexibility index (Phi) is 5.92. The summed E-state index contributed by atoms with van der Waals surface area (Å²) in [6.07, 6.45) is 0. The van der Waals surface area contributed by atoms with E-state index in [9.17, 15) is 14.7 Å². The third-order valence-electron chi connectivity index (χ3n) is 5.03. The van der Waals surface area contributed by atoms with E-state index in [2.05, 4.69) is 26.1 Å². The second-order valence-electron chi connectivity index (χ2n) is 8.31. The Labute approximate surface area is 181 Å². The van der Waals surface area contributed by atoms with Crippen LogP contribution in [0.1, 0.15) is 52.6 Å². The number of carboxylic acids is 1. The number of benzene rings is 3. The van der Waals surface area contributed by atoms with E-state index in [1.165, 1.54) is 6.07 Å². The van der Waals surface area contributed by atoms with Crippen LogP contribution in [0.4, 0.5) is 5.69 Å². The molecule has 0 unspecified atom stereocenters. The first-order valence-electron chi connectivity index (χ1n) is 9.81. The Morgan fingerprint density at radius 3 is 2.10 bits per heavy atom. The Balaban J connectivity index is 2.09. The minimum Gasteiger partial charge on any atom is -0.478 e. The zero-order valence-electron chi connectivity index (χ0n) is 17.7. The van der Waals surface area contributed by atoms with Crippen molar-refractivity contribution in [2.24, 2.45) is 5.73 Å². The number of hydrogen-bond acceptors (Lipinski definition) is 3. The van der Waals surface area contributed by atoms with Crippen molar-refractivity contribution >= 4 is 23.4 Å². The Hall–Kier alpha value is -3.93. The first-order valence-corrected chi connectivity index (χ1v) is 9.81. The van der Waals surface area contributed by atoms with Gasteiger partial charge in [0.15, 0.2) is 0 Å². The van der Waals surface area contributed by atoms with E-state index in [-0.39, 0.29) is 22.7 Å². The Bertz CT molecular complexity index is 1160. The van der Waals surface area contributed by atoms with Gasteiger partial charge in [-0.15, -0.1) is 0 Å². The van der Waals surface area contributed by atoms with Gasteiger partial charge in [-0.3, -0.25) is 10.2 Å². The molecule has 0 saturated heterocycles. The predicted octanol–water partition coefficient (Wildman–Crippen LogP) is 4.89. The smallest absolute Gasteiger partial charge is 0.336 e. The summed E-state index contributed by atoms with van der Waals surface area (Å²) in [4.78, 5) is 25.0. The van der Waals surface area contributed by atoms with Crippen molar-refractivity contribution < 1.29 is 14.7 Å². The van der Waals surface area contributed by atoms with Crippen molar-refractivity contribution in [1.82, 2.24) is 0 Å². The average molecular weight is 415 g/mol. The van der Waals surface area contributed by atoms with E-state index in [1.807, 2.05) is 12.1 Å². The molecule has 5 N–H and O–H groups in total. The van der Waals surface area contributed by atoms with Crippen LogP contribution in [-0.4, -0.2) is 22.8 Å². The lowest BCUT2D eigenvalue weighted by Crippen LogP contribution is -2.17. The zero-order chi connectivity index (χ0) is 22.8. The molecule has 3 aromatic carbocycles. The van der Waals surface area contributed by atoms with Gasteiger partial charge in [-0.2, -0.15) is 0 Å². The molecule has 158 valence electrons. The van der Waals surface area contributed by atoms with Crippen LogP contribution in [0.5, 0.6) is 0 Å². The van der Waals surface area contributed by atoms with Crippen molar-refractivity contribution in [1.29, 1.82) is 5.41 Å². The molecular weight excluding hydrogens is 390 g/mol. The van der Waals surface area contributed by atoms with Crippen LogP contribution in [0, 0.1) is 5.41 Å². The molecule has 0 spiro atoms. The zero-order valence-corrected chi connectivity index (χ0v) is 17.7. The topological polar surface area (TPSA) is 116 Å². The summed E-state index contributed by atoms with van der Waals surface area (Å²) >= 11 is 0. The summed E-state index contributed by atoms with van der Waals surface area (Å²) in [5.41, 5.74) is 8.90. The van der Waals surface area contributed by atoms with Gasteiger partial charge in [0, 0.05) is 16.8 Å². The molecule has 0 atom stereocenters. The van der Waals surface area contributed by atoms with E-state index in [1.54, 1.807) is 48.5 Å². The molecule has 31 heavy (non-hydrogen) atoms. The van der Waals surface area contributed by atoms with Gasteiger partial charge in [-0.05, 0) is 58.5 Å². The highest BCUT2D eigenvalue weighted by Crippen LogP contribution is 2.32. The third kappa shape index (κ3) is 4.80. The number of carbonyl (C=O) groups is 2. The van der Waals surface area contributed by atoms with Gasteiger partial charge in [-0.1, -0.05) is 51.1 Å². The molecule has 0 radical (unpaired) electrons. The number of nitrogens with one attached hydrogen (secondary N) is 2. The molecule has 0 heterocycles. The molecule has 0 aromatic heterocycles. The lowest BCUT2D eigenvalue weighted by Gasteiger charge is -2.22. The highest BCUT2D eigenvalue weighted by Gasteiger charge is 2.22. The molecule has 0 saturated carbocycles. The molecule has 0 aliphatic heterocycles. The Morgan fingerprint density at radius 1 is 0.903 bits per heavy atom. The quantitative estimate of drug-likeness (QED) is 0.351. The summed E-state index contributed by atoms with van der Waals surface area (Å²) in [5, 5.41) is 20.0. The van der Waals surface area contributed by atoms with Crippen LogP contribution < -0.4 is 11.1 Å². The third-order valence-corrected chi connectivity index (χ3v) is 5.03. The number of amides is 1. The number of anilines is 1. The number of rotatable bonds is 5. The molecule has 0 fully saturated rings. The first kappa shape index (κ1) is 21.8. The Morgan fingerprint density at radius 2 is 1.52 bits per heavy atom. The van der Waals surface area contributed by atoms with Crippen LogP contribution in [0.15, 0.2) is 66.7 Å². The van der Waals surface area contributed by atoms with Crippen LogP contribution in [0.3, 0.4) is 0 Å². The molecule has 6 nitrogen and oxygen atoms in total. The maximum atomic E-state index is 13.3.